The fourth-order valence-electron chi connectivity index (χ4n) is 5.05. The lowest BCUT2D eigenvalue weighted by Gasteiger charge is -2.28. The van der Waals surface area contributed by atoms with Crippen molar-refractivity contribution in [2.24, 2.45) is 17.8 Å². The van der Waals surface area contributed by atoms with Crippen LogP contribution in [-0.4, -0.2) is 22.1 Å². The van der Waals surface area contributed by atoms with Gasteiger partial charge in [0.15, 0.2) is 0 Å². The molecule has 1 aromatic heterocycles. The molecule has 28 heavy (non-hydrogen) atoms. The number of nitrogens with zero attached hydrogens (tertiary/aromatic N) is 2. The summed E-state index contributed by atoms with van der Waals surface area (Å²) in [6.07, 6.45) is 6.26. The number of rotatable bonds is 7. The molecule has 0 spiro atoms. The molecule has 150 valence electrons. The summed E-state index contributed by atoms with van der Waals surface area (Å²) in [6, 6.07) is 8.50. The molecule has 1 N–H and O–H groups in total. The number of hydrogen-bond acceptors (Lipinski definition) is 4. The van der Waals surface area contributed by atoms with Crippen LogP contribution in [0, 0.1) is 17.8 Å². The summed E-state index contributed by atoms with van der Waals surface area (Å²) in [5, 5.41) is 7.27. The van der Waals surface area contributed by atoms with Crippen LogP contribution in [0.2, 0.25) is 0 Å². The Morgan fingerprint density at radius 3 is 2.61 bits per heavy atom. The quantitative estimate of drug-likeness (QED) is 0.752. The van der Waals surface area contributed by atoms with Gasteiger partial charge in [0.1, 0.15) is 0 Å². The van der Waals surface area contributed by atoms with Gasteiger partial charge in [-0.2, -0.15) is 4.98 Å². The van der Waals surface area contributed by atoms with Crippen molar-refractivity contribution in [3.05, 3.63) is 35.7 Å². The topological polar surface area (TPSA) is 68.0 Å². The second-order valence-corrected chi connectivity index (χ2v) is 8.98. The van der Waals surface area contributed by atoms with Crippen molar-refractivity contribution >= 4 is 5.91 Å². The zero-order valence-corrected chi connectivity index (χ0v) is 17.1. The number of nitrogens with one attached hydrogen (secondary N) is 1. The predicted octanol–water partition coefficient (Wildman–Crippen LogP) is 4.73. The van der Waals surface area contributed by atoms with Crippen LogP contribution in [0.15, 0.2) is 28.8 Å². The van der Waals surface area contributed by atoms with Gasteiger partial charge in [-0.05, 0) is 55.4 Å². The molecule has 2 aliphatic carbocycles. The largest absolute Gasteiger partial charge is 0.353 e. The number of benzene rings is 1. The highest BCUT2D eigenvalue weighted by Gasteiger charge is 2.42. The molecule has 2 aromatic rings. The first-order chi connectivity index (χ1) is 13.5. The molecule has 1 aromatic carbocycles. The standard InChI is InChI=1S/C23H31N3O2/c1-14(2)17-6-8-18(9-7-17)23-25-22(28-26-23)11-10-21(27)24-15(3)20-13-16-4-5-19(20)12-16/h6-9,14-16,19-20H,4-5,10-13H2,1-3H3,(H,24,27). The molecule has 0 radical (unpaired) electrons. The van der Waals surface area contributed by atoms with Crippen molar-refractivity contribution in [2.75, 3.05) is 0 Å². The lowest BCUT2D eigenvalue weighted by molar-refractivity contribution is -0.122. The Kier molecular flexibility index (Phi) is 5.51. The summed E-state index contributed by atoms with van der Waals surface area (Å²) in [7, 11) is 0. The zero-order valence-electron chi connectivity index (χ0n) is 17.1. The lowest BCUT2D eigenvalue weighted by Crippen LogP contribution is -2.40. The average molecular weight is 382 g/mol. The molecule has 2 aliphatic rings. The third kappa shape index (κ3) is 4.13. The third-order valence-corrected chi connectivity index (χ3v) is 6.69. The number of aryl methyl sites for hydroxylation is 1. The Hall–Kier alpha value is -2.17. The van der Waals surface area contributed by atoms with Crippen molar-refractivity contribution in [2.45, 2.75) is 71.3 Å². The Balaban J connectivity index is 1.27. The van der Waals surface area contributed by atoms with Gasteiger partial charge in [-0.25, -0.2) is 0 Å². The van der Waals surface area contributed by atoms with Gasteiger partial charge < -0.3 is 9.84 Å². The molecule has 5 nitrogen and oxygen atoms in total. The number of amides is 1. The number of carbonyl (C=O) groups excluding carboxylic acids is 1. The predicted molar refractivity (Wildman–Crippen MR) is 109 cm³/mol. The Morgan fingerprint density at radius 1 is 1.18 bits per heavy atom. The maximum Gasteiger partial charge on any atom is 0.227 e. The summed E-state index contributed by atoms with van der Waals surface area (Å²) in [5.74, 6) is 4.06. The highest BCUT2D eigenvalue weighted by atomic mass is 16.5. The molecule has 4 unspecified atom stereocenters. The first-order valence-electron chi connectivity index (χ1n) is 10.7. The molecule has 4 atom stereocenters. The fraction of sp³-hybridized carbons (Fsp3) is 0.609. The van der Waals surface area contributed by atoms with Gasteiger partial charge in [0.2, 0.25) is 17.6 Å². The van der Waals surface area contributed by atoms with E-state index in [4.69, 9.17) is 4.52 Å². The first kappa shape index (κ1) is 19.2. The Labute approximate surface area is 167 Å². The van der Waals surface area contributed by atoms with Crippen molar-refractivity contribution in [3.8, 4) is 11.4 Å². The molecule has 1 amide bonds. The van der Waals surface area contributed by atoms with Crippen LogP contribution in [0.4, 0.5) is 0 Å². The average Bonchev–Trinajstić information content (AvgIpc) is 3.43. The summed E-state index contributed by atoms with van der Waals surface area (Å²) >= 11 is 0. The minimum atomic E-state index is 0.0799. The molecule has 4 rings (SSSR count). The molecule has 1 heterocycles. The van der Waals surface area contributed by atoms with Gasteiger partial charge >= 0.3 is 0 Å². The molecule has 2 saturated carbocycles. The van der Waals surface area contributed by atoms with E-state index in [1.165, 1.54) is 31.2 Å². The minimum absolute atomic E-state index is 0.0799. The van der Waals surface area contributed by atoms with Crippen LogP contribution in [-0.2, 0) is 11.2 Å². The number of aromatic nitrogens is 2. The molecular weight excluding hydrogens is 350 g/mol. The Morgan fingerprint density at radius 2 is 1.96 bits per heavy atom. The van der Waals surface area contributed by atoms with Crippen LogP contribution in [0.1, 0.15) is 70.2 Å². The van der Waals surface area contributed by atoms with E-state index in [-0.39, 0.29) is 11.9 Å². The van der Waals surface area contributed by atoms with E-state index in [1.807, 2.05) is 12.1 Å². The fourth-order valence-corrected chi connectivity index (χ4v) is 5.05. The van der Waals surface area contributed by atoms with E-state index in [1.54, 1.807) is 0 Å². The third-order valence-electron chi connectivity index (χ3n) is 6.69. The highest BCUT2D eigenvalue weighted by Crippen LogP contribution is 2.49. The van der Waals surface area contributed by atoms with Gasteiger partial charge in [-0.1, -0.05) is 49.7 Å². The Bertz CT molecular complexity index is 812. The van der Waals surface area contributed by atoms with Crippen LogP contribution in [0.3, 0.4) is 0 Å². The number of hydrogen-bond donors (Lipinski definition) is 1. The van der Waals surface area contributed by atoms with Crippen molar-refractivity contribution in [1.29, 1.82) is 0 Å². The second-order valence-electron chi connectivity index (χ2n) is 8.98. The zero-order chi connectivity index (χ0) is 19.7. The van der Waals surface area contributed by atoms with E-state index in [0.717, 1.165) is 17.4 Å². The van der Waals surface area contributed by atoms with E-state index < -0.39 is 0 Å². The van der Waals surface area contributed by atoms with Crippen LogP contribution >= 0.6 is 0 Å². The maximum atomic E-state index is 12.4. The van der Waals surface area contributed by atoms with Crippen molar-refractivity contribution in [1.82, 2.24) is 15.5 Å². The summed E-state index contributed by atoms with van der Waals surface area (Å²) < 4.78 is 5.35. The first-order valence-corrected chi connectivity index (χ1v) is 10.7. The molecular formula is C23H31N3O2. The normalized spacial score (nSPS) is 24.6. The van der Waals surface area contributed by atoms with E-state index in [2.05, 4.69) is 48.4 Å². The van der Waals surface area contributed by atoms with E-state index in [0.29, 0.717) is 36.4 Å². The van der Waals surface area contributed by atoms with Gasteiger partial charge in [0.25, 0.3) is 0 Å². The second kappa shape index (κ2) is 8.06. The van der Waals surface area contributed by atoms with Crippen molar-refractivity contribution < 1.29 is 9.32 Å². The monoisotopic (exact) mass is 381 g/mol. The molecule has 0 aliphatic heterocycles. The smallest absolute Gasteiger partial charge is 0.227 e. The highest BCUT2D eigenvalue weighted by molar-refractivity contribution is 5.76. The lowest BCUT2D eigenvalue weighted by atomic mass is 9.84. The van der Waals surface area contributed by atoms with Gasteiger partial charge in [0.05, 0.1) is 0 Å². The summed E-state index contributed by atoms with van der Waals surface area (Å²) in [4.78, 5) is 16.8. The van der Waals surface area contributed by atoms with Crippen LogP contribution < -0.4 is 5.32 Å². The molecule has 5 heteroatoms. The van der Waals surface area contributed by atoms with E-state index >= 15 is 0 Å². The minimum Gasteiger partial charge on any atom is -0.353 e. The number of fused-ring (bicyclic) bond motifs is 2. The molecule has 0 saturated heterocycles. The van der Waals surface area contributed by atoms with Gasteiger partial charge in [-0.3, -0.25) is 4.79 Å². The van der Waals surface area contributed by atoms with E-state index in [9.17, 15) is 4.79 Å². The number of carbonyl (C=O) groups is 1. The molecule has 2 fully saturated rings. The maximum absolute atomic E-state index is 12.4. The van der Waals surface area contributed by atoms with Crippen molar-refractivity contribution in [3.63, 3.8) is 0 Å². The SMILES string of the molecule is CC(C)c1ccc(-c2noc(CCC(=O)NC(C)C3CC4CCC3C4)n2)cc1. The summed E-state index contributed by atoms with van der Waals surface area (Å²) in [5.41, 5.74) is 2.22. The van der Waals surface area contributed by atoms with Crippen LogP contribution in [0.25, 0.3) is 11.4 Å². The van der Waals surface area contributed by atoms with Gasteiger partial charge in [-0.15, -0.1) is 0 Å². The van der Waals surface area contributed by atoms with Crippen LogP contribution in [0.5, 0.6) is 0 Å². The molecule has 2 bridgehead atoms. The van der Waals surface area contributed by atoms with Gasteiger partial charge in [0, 0.05) is 24.4 Å². The summed E-state index contributed by atoms with van der Waals surface area (Å²) in [6.45, 7) is 6.50.